The van der Waals surface area contributed by atoms with E-state index in [0.717, 1.165) is 5.56 Å². The molecule has 3 rings (SSSR count). The van der Waals surface area contributed by atoms with E-state index in [4.69, 9.17) is 56.2 Å². The lowest BCUT2D eigenvalue weighted by molar-refractivity contribution is -0.115. The Morgan fingerprint density at radius 3 is 2.47 bits per heavy atom. The highest BCUT2D eigenvalue weighted by molar-refractivity contribution is 7.80. The minimum absolute atomic E-state index is 0.0962. The summed E-state index contributed by atoms with van der Waals surface area (Å²) in [5.41, 5.74) is 1.27. The molecule has 0 aliphatic heterocycles. The number of anilines is 1. The standard InChI is InChI=1S/C21H15Cl3N2O3S/c1-28-19-5-2-13(22)11-17(19)25-21(30)26-20(27)7-4-16-3-6-18(29-16)12-8-14(23)10-15(24)9-12/h2-11H,1H3,(H2,25,26,27,30)/b7-4+. The van der Waals surface area contributed by atoms with Gasteiger partial charge in [0.15, 0.2) is 5.11 Å². The highest BCUT2D eigenvalue weighted by Gasteiger charge is 2.09. The molecule has 0 spiro atoms. The molecule has 0 saturated heterocycles. The first kappa shape index (κ1) is 22.2. The molecule has 1 heterocycles. The Labute approximate surface area is 193 Å². The molecular formula is C21H15Cl3N2O3S. The van der Waals surface area contributed by atoms with Crippen LogP contribution in [0.1, 0.15) is 5.76 Å². The van der Waals surface area contributed by atoms with Crippen molar-refractivity contribution in [2.45, 2.75) is 0 Å². The number of nitrogens with one attached hydrogen (secondary N) is 2. The molecule has 0 atom stereocenters. The summed E-state index contributed by atoms with van der Waals surface area (Å²) in [6, 6.07) is 13.6. The number of hydrogen-bond acceptors (Lipinski definition) is 4. The van der Waals surface area contributed by atoms with Gasteiger partial charge in [0.2, 0.25) is 5.91 Å². The van der Waals surface area contributed by atoms with E-state index in [-0.39, 0.29) is 5.11 Å². The van der Waals surface area contributed by atoms with E-state index < -0.39 is 5.91 Å². The van der Waals surface area contributed by atoms with Crippen LogP contribution in [0.3, 0.4) is 0 Å². The van der Waals surface area contributed by atoms with Crippen LogP contribution in [0.25, 0.3) is 17.4 Å². The van der Waals surface area contributed by atoms with Gasteiger partial charge < -0.3 is 14.5 Å². The summed E-state index contributed by atoms with van der Waals surface area (Å²) >= 11 is 23.2. The minimum Gasteiger partial charge on any atom is -0.495 e. The molecule has 0 bridgehead atoms. The van der Waals surface area contributed by atoms with Gasteiger partial charge in [-0.25, -0.2) is 0 Å². The summed E-state index contributed by atoms with van der Waals surface area (Å²) < 4.78 is 10.9. The van der Waals surface area contributed by atoms with Crippen LogP contribution in [0, 0.1) is 0 Å². The SMILES string of the molecule is COc1ccc(Cl)cc1NC(=S)NC(=O)/C=C/c1ccc(-c2cc(Cl)cc(Cl)c2)o1. The molecular weight excluding hydrogens is 467 g/mol. The van der Waals surface area contributed by atoms with Crippen LogP contribution in [0.5, 0.6) is 5.75 Å². The van der Waals surface area contributed by atoms with Crippen LogP contribution in [0.2, 0.25) is 15.1 Å². The fourth-order valence-electron chi connectivity index (χ4n) is 2.54. The van der Waals surface area contributed by atoms with Gasteiger partial charge in [-0.2, -0.15) is 0 Å². The van der Waals surface area contributed by atoms with Crippen LogP contribution < -0.4 is 15.4 Å². The highest BCUT2D eigenvalue weighted by Crippen LogP contribution is 2.29. The number of ether oxygens (including phenoxy) is 1. The maximum absolute atomic E-state index is 12.1. The van der Waals surface area contributed by atoms with Crippen molar-refractivity contribution in [2.75, 3.05) is 12.4 Å². The molecule has 0 radical (unpaired) electrons. The fraction of sp³-hybridized carbons (Fsp3) is 0.0476. The van der Waals surface area contributed by atoms with Gasteiger partial charge in [-0.15, -0.1) is 0 Å². The Balaban J connectivity index is 1.62. The first-order valence-corrected chi connectivity index (χ1v) is 10.1. The summed E-state index contributed by atoms with van der Waals surface area (Å²) in [5, 5.41) is 7.02. The largest absolute Gasteiger partial charge is 0.495 e. The number of thiocarbonyl (C=S) groups is 1. The normalized spacial score (nSPS) is 10.8. The molecule has 0 fully saturated rings. The lowest BCUT2D eigenvalue weighted by Gasteiger charge is -2.12. The van der Waals surface area contributed by atoms with Crippen molar-refractivity contribution in [2.24, 2.45) is 0 Å². The van der Waals surface area contributed by atoms with Crippen molar-refractivity contribution in [3.05, 3.63) is 75.4 Å². The first-order chi connectivity index (χ1) is 14.3. The maximum Gasteiger partial charge on any atom is 0.250 e. The summed E-state index contributed by atoms with van der Waals surface area (Å²) in [6.07, 6.45) is 2.82. The van der Waals surface area contributed by atoms with Crippen LogP contribution in [0.4, 0.5) is 5.69 Å². The topological polar surface area (TPSA) is 63.5 Å². The van der Waals surface area contributed by atoms with Crippen molar-refractivity contribution in [1.82, 2.24) is 5.32 Å². The smallest absolute Gasteiger partial charge is 0.250 e. The molecule has 5 nitrogen and oxygen atoms in total. The Bertz CT molecular complexity index is 1110. The average Bonchev–Trinajstić information content (AvgIpc) is 3.15. The molecule has 3 aromatic rings. The summed E-state index contributed by atoms with van der Waals surface area (Å²) in [7, 11) is 1.52. The van der Waals surface area contributed by atoms with Crippen LogP contribution in [0.15, 0.2) is 59.0 Å². The summed E-state index contributed by atoms with van der Waals surface area (Å²) in [5.74, 6) is 1.16. The van der Waals surface area contributed by atoms with Crippen molar-refractivity contribution < 1.29 is 13.9 Å². The number of methoxy groups -OCH3 is 1. The zero-order valence-electron chi connectivity index (χ0n) is 15.5. The predicted octanol–water partition coefficient (Wildman–Crippen LogP) is 6.44. The molecule has 0 aliphatic carbocycles. The minimum atomic E-state index is -0.433. The van der Waals surface area contributed by atoms with E-state index >= 15 is 0 Å². The van der Waals surface area contributed by atoms with Gasteiger partial charge in [0.05, 0.1) is 12.8 Å². The number of benzene rings is 2. The second kappa shape index (κ2) is 10.00. The summed E-state index contributed by atoms with van der Waals surface area (Å²) in [4.78, 5) is 12.1. The fourth-order valence-corrected chi connectivity index (χ4v) is 3.45. The molecule has 154 valence electrons. The van der Waals surface area contributed by atoms with Crippen LogP contribution in [-0.2, 0) is 4.79 Å². The lowest BCUT2D eigenvalue weighted by atomic mass is 10.2. The number of hydrogen-bond donors (Lipinski definition) is 2. The van der Waals surface area contributed by atoms with Gasteiger partial charge in [-0.05, 0) is 66.8 Å². The van der Waals surface area contributed by atoms with Gasteiger partial charge in [-0.1, -0.05) is 34.8 Å². The van der Waals surface area contributed by atoms with E-state index in [9.17, 15) is 4.79 Å². The Hall–Kier alpha value is -2.51. The first-order valence-electron chi connectivity index (χ1n) is 8.54. The Morgan fingerprint density at radius 1 is 1.03 bits per heavy atom. The van der Waals surface area contributed by atoms with Gasteiger partial charge in [0.1, 0.15) is 17.3 Å². The Morgan fingerprint density at radius 2 is 1.77 bits per heavy atom. The number of halogens is 3. The zero-order valence-corrected chi connectivity index (χ0v) is 18.6. The third kappa shape index (κ3) is 6.00. The molecule has 1 aromatic heterocycles. The zero-order chi connectivity index (χ0) is 21.7. The van der Waals surface area contributed by atoms with E-state index in [1.807, 2.05) is 0 Å². The maximum atomic E-state index is 12.1. The van der Waals surface area contributed by atoms with E-state index in [2.05, 4.69) is 10.6 Å². The van der Waals surface area contributed by atoms with Gasteiger partial charge in [0.25, 0.3) is 0 Å². The number of carbonyl (C=O) groups is 1. The van der Waals surface area contributed by atoms with Gasteiger partial charge in [0, 0.05) is 26.7 Å². The van der Waals surface area contributed by atoms with Gasteiger partial charge in [-0.3, -0.25) is 10.1 Å². The number of amides is 1. The van der Waals surface area contributed by atoms with Crippen molar-refractivity contribution in [3.63, 3.8) is 0 Å². The van der Waals surface area contributed by atoms with Crippen molar-refractivity contribution >= 4 is 69.8 Å². The molecule has 0 saturated carbocycles. The second-order valence-corrected chi connectivity index (χ2v) is 7.70. The third-order valence-electron chi connectivity index (χ3n) is 3.82. The molecule has 9 heteroatoms. The number of furan rings is 1. The monoisotopic (exact) mass is 480 g/mol. The van der Waals surface area contributed by atoms with Crippen molar-refractivity contribution in [3.8, 4) is 17.1 Å². The molecule has 2 aromatic carbocycles. The average molecular weight is 482 g/mol. The van der Waals surface area contributed by atoms with E-state index in [1.54, 1.807) is 48.5 Å². The van der Waals surface area contributed by atoms with Crippen LogP contribution in [-0.4, -0.2) is 18.1 Å². The molecule has 2 N–H and O–H groups in total. The highest BCUT2D eigenvalue weighted by atomic mass is 35.5. The summed E-state index contributed by atoms with van der Waals surface area (Å²) in [6.45, 7) is 0. The number of rotatable bonds is 5. The Kier molecular flexibility index (Phi) is 7.39. The quantitative estimate of drug-likeness (QED) is 0.324. The second-order valence-electron chi connectivity index (χ2n) is 5.98. The number of carbonyl (C=O) groups excluding carboxylic acids is 1. The molecule has 0 unspecified atom stereocenters. The van der Waals surface area contributed by atoms with Crippen LogP contribution >= 0.6 is 47.0 Å². The molecule has 0 aliphatic rings. The lowest BCUT2D eigenvalue weighted by Crippen LogP contribution is -2.32. The predicted molar refractivity (Wildman–Crippen MR) is 126 cm³/mol. The van der Waals surface area contributed by atoms with Gasteiger partial charge >= 0.3 is 0 Å². The van der Waals surface area contributed by atoms with E-state index in [1.165, 1.54) is 19.3 Å². The molecule has 1 amide bonds. The van der Waals surface area contributed by atoms with E-state index in [0.29, 0.717) is 38.0 Å². The third-order valence-corrected chi connectivity index (χ3v) is 4.69. The molecule has 30 heavy (non-hydrogen) atoms. The van der Waals surface area contributed by atoms with Crippen molar-refractivity contribution in [1.29, 1.82) is 0 Å².